The zero-order valence-corrected chi connectivity index (χ0v) is 14.2. The molecule has 1 heterocycles. The third-order valence-electron chi connectivity index (χ3n) is 4.67. The first-order valence-electron chi connectivity index (χ1n) is 8.48. The minimum Gasteiger partial charge on any atom is -0.366 e. The molecule has 4 nitrogen and oxygen atoms in total. The molecule has 0 radical (unpaired) electrons. The van der Waals surface area contributed by atoms with E-state index in [9.17, 15) is 4.79 Å². The third kappa shape index (κ3) is 2.66. The Kier molecular flexibility index (Phi) is 4.03. The largest absolute Gasteiger partial charge is 0.366 e. The minimum absolute atomic E-state index is 0.449. The highest BCUT2D eigenvalue weighted by atomic mass is 16.1. The molecule has 0 aliphatic heterocycles. The molecule has 1 amide bonds. The summed E-state index contributed by atoms with van der Waals surface area (Å²) < 4.78 is 0. The SMILES string of the molecule is NCc1ccccc1-c1ccc(C(N)=O)c2[nH]c(-c3ccccc3)cc12. The maximum Gasteiger partial charge on any atom is 0.250 e. The molecule has 0 unspecified atom stereocenters. The normalized spacial score (nSPS) is 11.0. The number of aromatic nitrogens is 1. The van der Waals surface area contributed by atoms with Crippen LogP contribution in [0.25, 0.3) is 33.3 Å². The number of amides is 1. The Morgan fingerprint density at radius 3 is 2.35 bits per heavy atom. The van der Waals surface area contributed by atoms with Crippen molar-refractivity contribution in [1.29, 1.82) is 0 Å². The van der Waals surface area contributed by atoms with E-state index in [0.717, 1.165) is 38.9 Å². The molecule has 0 saturated heterocycles. The van der Waals surface area contributed by atoms with Gasteiger partial charge in [-0.15, -0.1) is 0 Å². The molecule has 0 aliphatic rings. The van der Waals surface area contributed by atoms with Gasteiger partial charge in [-0.05, 0) is 34.4 Å². The number of carbonyl (C=O) groups is 1. The number of H-pyrrole nitrogens is 1. The van der Waals surface area contributed by atoms with Crippen LogP contribution in [0.15, 0.2) is 72.8 Å². The number of aromatic amines is 1. The first-order chi connectivity index (χ1) is 12.7. The molecule has 5 N–H and O–H groups in total. The average molecular weight is 341 g/mol. The molecule has 0 bridgehead atoms. The maximum absolute atomic E-state index is 11.9. The number of hydrogen-bond acceptors (Lipinski definition) is 2. The maximum atomic E-state index is 11.9. The fourth-order valence-corrected chi connectivity index (χ4v) is 3.39. The lowest BCUT2D eigenvalue weighted by Crippen LogP contribution is -2.11. The van der Waals surface area contributed by atoms with Crippen LogP contribution in [-0.4, -0.2) is 10.9 Å². The van der Waals surface area contributed by atoms with E-state index in [0.29, 0.717) is 12.1 Å². The fourth-order valence-electron chi connectivity index (χ4n) is 3.39. The number of primary amides is 1. The summed E-state index contributed by atoms with van der Waals surface area (Å²) in [6, 6.07) is 23.8. The molecule has 128 valence electrons. The summed E-state index contributed by atoms with van der Waals surface area (Å²) in [6.45, 7) is 0.450. The van der Waals surface area contributed by atoms with Crippen LogP contribution < -0.4 is 11.5 Å². The summed E-state index contributed by atoms with van der Waals surface area (Å²) in [5, 5.41) is 0.959. The van der Waals surface area contributed by atoms with Crippen LogP contribution in [0.5, 0.6) is 0 Å². The van der Waals surface area contributed by atoms with Crippen molar-refractivity contribution in [3.8, 4) is 22.4 Å². The van der Waals surface area contributed by atoms with Crippen molar-refractivity contribution in [2.45, 2.75) is 6.54 Å². The first-order valence-corrected chi connectivity index (χ1v) is 8.48. The van der Waals surface area contributed by atoms with E-state index in [-0.39, 0.29) is 0 Å². The highest BCUT2D eigenvalue weighted by Crippen LogP contribution is 2.35. The van der Waals surface area contributed by atoms with Crippen LogP contribution in [0.2, 0.25) is 0 Å². The lowest BCUT2D eigenvalue weighted by Gasteiger charge is -2.10. The quantitative estimate of drug-likeness (QED) is 0.523. The van der Waals surface area contributed by atoms with Crippen LogP contribution in [-0.2, 0) is 6.54 Å². The lowest BCUT2D eigenvalue weighted by atomic mass is 9.95. The van der Waals surface area contributed by atoms with Gasteiger partial charge in [-0.2, -0.15) is 0 Å². The number of carbonyl (C=O) groups excluding carboxylic acids is 1. The lowest BCUT2D eigenvalue weighted by molar-refractivity contribution is 0.100. The molecule has 4 heteroatoms. The summed E-state index contributed by atoms with van der Waals surface area (Å²) in [6.07, 6.45) is 0. The summed E-state index contributed by atoms with van der Waals surface area (Å²) in [5.41, 5.74) is 17.9. The molecule has 0 saturated carbocycles. The average Bonchev–Trinajstić information content (AvgIpc) is 3.13. The van der Waals surface area contributed by atoms with Gasteiger partial charge in [-0.25, -0.2) is 0 Å². The Morgan fingerprint density at radius 1 is 0.885 bits per heavy atom. The molecule has 4 aromatic rings. The minimum atomic E-state index is -0.449. The second kappa shape index (κ2) is 6.50. The molecule has 1 aromatic heterocycles. The number of fused-ring (bicyclic) bond motifs is 1. The second-order valence-electron chi connectivity index (χ2n) is 6.22. The standard InChI is InChI=1S/C22H19N3O/c23-13-15-8-4-5-9-16(15)17-10-11-18(22(24)26)21-19(17)12-20(25-21)14-6-2-1-3-7-14/h1-12,25H,13,23H2,(H2,24,26). The van der Waals surface area contributed by atoms with Gasteiger partial charge in [0, 0.05) is 17.6 Å². The molecule has 0 atom stereocenters. The summed E-state index contributed by atoms with van der Waals surface area (Å²) in [4.78, 5) is 15.3. The zero-order chi connectivity index (χ0) is 18.1. The van der Waals surface area contributed by atoms with Gasteiger partial charge in [-0.1, -0.05) is 60.7 Å². The Balaban J connectivity index is 2.02. The number of rotatable bonds is 4. The van der Waals surface area contributed by atoms with Crippen LogP contribution in [0, 0.1) is 0 Å². The van der Waals surface area contributed by atoms with Crippen LogP contribution >= 0.6 is 0 Å². The monoisotopic (exact) mass is 341 g/mol. The highest BCUT2D eigenvalue weighted by molar-refractivity contribution is 6.10. The number of hydrogen-bond donors (Lipinski definition) is 3. The smallest absolute Gasteiger partial charge is 0.250 e. The third-order valence-corrected chi connectivity index (χ3v) is 4.67. The Bertz CT molecular complexity index is 1100. The summed E-state index contributed by atoms with van der Waals surface area (Å²) in [5.74, 6) is -0.449. The van der Waals surface area contributed by atoms with E-state index >= 15 is 0 Å². The van der Waals surface area contributed by atoms with Crippen molar-refractivity contribution < 1.29 is 4.79 Å². The van der Waals surface area contributed by atoms with Crippen LogP contribution in [0.4, 0.5) is 0 Å². The van der Waals surface area contributed by atoms with Crippen molar-refractivity contribution in [1.82, 2.24) is 4.98 Å². The van der Waals surface area contributed by atoms with Gasteiger partial charge in [0.25, 0.3) is 5.91 Å². The van der Waals surface area contributed by atoms with Gasteiger partial charge in [0.15, 0.2) is 0 Å². The second-order valence-corrected chi connectivity index (χ2v) is 6.22. The molecule has 0 spiro atoms. The van der Waals surface area contributed by atoms with E-state index in [1.165, 1.54) is 0 Å². The van der Waals surface area contributed by atoms with Gasteiger partial charge in [-0.3, -0.25) is 4.79 Å². The van der Waals surface area contributed by atoms with E-state index in [1.54, 1.807) is 6.07 Å². The fraction of sp³-hybridized carbons (Fsp3) is 0.0455. The van der Waals surface area contributed by atoms with Crippen molar-refractivity contribution >= 4 is 16.8 Å². The van der Waals surface area contributed by atoms with E-state index in [2.05, 4.69) is 17.1 Å². The van der Waals surface area contributed by atoms with E-state index in [1.807, 2.05) is 54.6 Å². The molecule has 0 aliphatic carbocycles. The topological polar surface area (TPSA) is 84.9 Å². The molecular formula is C22H19N3O. The van der Waals surface area contributed by atoms with Crippen molar-refractivity contribution in [2.75, 3.05) is 0 Å². The van der Waals surface area contributed by atoms with Crippen molar-refractivity contribution in [3.63, 3.8) is 0 Å². The van der Waals surface area contributed by atoms with E-state index in [4.69, 9.17) is 11.5 Å². The van der Waals surface area contributed by atoms with Crippen molar-refractivity contribution in [3.05, 3.63) is 83.9 Å². The van der Waals surface area contributed by atoms with Gasteiger partial charge >= 0.3 is 0 Å². The predicted molar refractivity (Wildman–Crippen MR) is 106 cm³/mol. The Morgan fingerprint density at radius 2 is 1.62 bits per heavy atom. The van der Waals surface area contributed by atoms with Crippen LogP contribution in [0.3, 0.4) is 0 Å². The number of benzene rings is 3. The summed E-state index contributed by atoms with van der Waals surface area (Å²) >= 11 is 0. The zero-order valence-electron chi connectivity index (χ0n) is 14.2. The van der Waals surface area contributed by atoms with E-state index < -0.39 is 5.91 Å². The highest BCUT2D eigenvalue weighted by Gasteiger charge is 2.16. The van der Waals surface area contributed by atoms with Crippen LogP contribution in [0.1, 0.15) is 15.9 Å². The Labute approximate surface area is 151 Å². The van der Waals surface area contributed by atoms with Gasteiger partial charge in [0.2, 0.25) is 0 Å². The van der Waals surface area contributed by atoms with Gasteiger partial charge in [0.1, 0.15) is 0 Å². The van der Waals surface area contributed by atoms with Gasteiger partial charge < -0.3 is 16.5 Å². The number of nitrogens with two attached hydrogens (primary N) is 2. The van der Waals surface area contributed by atoms with Crippen molar-refractivity contribution in [2.24, 2.45) is 11.5 Å². The predicted octanol–water partition coefficient (Wildman–Crippen LogP) is 4.06. The molecule has 0 fully saturated rings. The van der Waals surface area contributed by atoms with Gasteiger partial charge in [0.05, 0.1) is 11.1 Å². The number of nitrogens with one attached hydrogen (secondary N) is 1. The molecule has 26 heavy (non-hydrogen) atoms. The first kappa shape index (κ1) is 16.1. The summed E-state index contributed by atoms with van der Waals surface area (Å²) in [7, 11) is 0. The Hall–Kier alpha value is -3.37. The molecule has 4 rings (SSSR count). The molecular weight excluding hydrogens is 322 g/mol. The molecule has 3 aromatic carbocycles.